The first-order valence-corrected chi connectivity index (χ1v) is 8.58. The molecule has 0 amide bonds. The van der Waals surface area contributed by atoms with Crippen molar-refractivity contribution >= 4 is 15.7 Å². The van der Waals surface area contributed by atoms with Crippen molar-refractivity contribution in [3.05, 3.63) is 33.9 Å². The topological polar surface area (TPSA) is 80.5 Å². The fraction of sp³-hybridized carbons (Fsp3) is 0.571. The minimum atomic E-state index is -3.68. The molecule has 0 spiro atoms. The molecular formula is C14H20N2O4S. The maximum Gasteiger partial charge on any atom is 0.270 e. The van der Waals surface area contributed by atoms with Gasteiger partial charge in [-0.25, -0.2) is 8.42 Å². The van der Waals surface area contributed by atoms with Crippen LogP contribution in [0.3, 0.4) is 0 Å². The molecule has 1 aliphatic rings. The number of nitro benzene ring substituents is 1. The van der Waals surface area contributed by atoms with E-state index in [1.807, 2.05) is 6.92 Å². The predicted molar refractivity (Wildman–Crippen MR) is 79.7 cm³/mol. The van der Waals surface area contributed by atoms with Crippen molar-refractivity contribution in [1.29, 1.82) is 0 Å². The van der Waals surface area contributed by atoms with Crippen molar-refractivity contribution in [2.75, 3.05) is 6.54 Å². The molecule has 6 nitrogen and oxygen atoms in total. The summed E-state index contributed by atoms with van der Waals surface area (Å²) in [4.78, 5) is 10.4. The highest BCUT2D eigenvalue weighted by Crippen LogP contribution is 2.30. The van der Waals surface area contributed by atoms with Crippen LogP contribution in [0.2, 0.25) is 0 Å². The third-order valence-corrected chi connectivity index (χ3v) is 6.11. The van der Waals surface area contributed by atoms with E-state index in [0.29, 0.717) is 12.1 Å². The average molecular weight is 312 g/mol. The molecule has 116 valence electrons. The number of benzene rings is 1. The standard InChI is InChI=1S/C14H20N2O4S/c1-3-12-6-4-5-9-15(12)21(19,20)14-10-13(16(17)18)8-7-11(14)2/h7-8,10,12H,3-6,9H2,1-2H3/t12-/m0/s1. The first-order chi connectivity index (χ1) is 9.87. The second-order valence-corrected chi connectivity index (χ2v) is 7.24. The highest BCUT2D eigenvalue weighted by molar-refractivity contribution is 7.89. The highest BCUT2D eigenvalue weighted by atomic mass is 32.2. The molecule has 1 aliphatic heterocycles. The predicted octanol–water partition coefficient (Wildman–Crippen LogP) is 2.86. The van der Waals surface area contributed by atoms with Crippen LogP contribution in [0, 0.1) is 17.0 Å². The lowest BCUT2D eigenvalue weighted by molar-refractivity contribution is -0.385. The summed E-state index contributed by atoms with van der Waals surface area (Å²) in [6.07, 6.45) is 3.47. The Kier molecular flexibility index (Phi) is 4.63. The van der Waals surface area contributed by atoms with Crippen LogP contribution < -0.4 is 0 Å². The van der Waals surface area contributed by atoms with Crippen molar-refractivity contribution in [1.82, 2.24) is 4.31 Å². The first kappa shape index (κ1) is 15.9. The smallest absolute Gasteiger partial charge is 0.258 e. The Bertz CT molecular complexity index is 642. The molecule has 0 unspecified atom stereocenters. The van der Waals surface area contributed by atoms with Crippen LogP contribution in [0.15, 0.2) is 23.1 Å². The fourth-order valence-corrected chi connectivity index (χ4v) is 4.82. The summed E-state index contributed by atoms with van der Waals surface area (Å²) in [6.45, 7) is 4.13. The summed E-state index contributed by atoms with van der Waals surface area (Å²) in [5.41, 5.74) is 0.352. The number of sulfonamides is 1. The summed E-state index contributed by atoms with van der Waals surface area (Å²) in [7, 11) is -3.68. The molecule has 7 heteroatoms. The number of piperidine rings is 1. The van der Waals surface area contributed by atoms with E-state index in [2.05, 4.69) is 0 Å². The quantitative estimate of drug-likeness (QED) is 0.632. The third kappa shape index (κ3) is 3.08. The highest BCUT2D eigenvalue weighted by Gasteiger charge is 2.34. The average Bonchev–Trinajstić information content (AvgIpc) is 2.47. The van der Waals surface area contributed by atoms with Crippen molar-refractivity contribution < 1.29 is 13.3 Å². The Morgan fingerprint density at radius 3 is 2.71 bits per heavy atom. The summed E-state index contributed by atoms with van der Waals surface area (Å²) in [5, 5.41) is 10.9. The van der Waals surface area contributed by atoms with Gasteiger partial charge in [-0.2, -0.15) is 4.31 Å². The van der Waals surface area contributed by atoms with E-state index < -0.39 is 14.9 Å². The van der Waals surface area contributed by atoms with Crippen LogP contribution in [0.5, 0.6) is 0 Å². The van der Waals surface area contributed by atoms with Crippen molar-refractivity contribution in [2.24, 2.45) is 0 Å². The van der Waals surface area contributed by atoms with Gasteiger partial charge in [0.15, 0.2) is 0 Å². The van der Waals surface area contributed by atoms with Crippen LogP contribution in [0.4, 0.5) is 5.69 Å². The number of rotatable bonds is 4. The lowest BCUT2D eigenvalue weighted by Crippen LogP contribution is -2.43. The molecule has 0 bridgehead atoms. The maximum absolute atomic E-state index is 12.9. The van der Waals surface area contributed by atoms with E-state index >= 15 is 0 Å². The number of hydrogen-bond acceptors (Lipinski definition) is 4. The molecule has 0 N–H and O–H groups in total. The number of nitro groups is 1. The molecular weight excluding hydrogens is 292 g/mol. The van der Waals surface area contributed by atoms with Gasteiger partial charge in [-0.3, -0.25) is 10.1 Å². The monoisotopic (exact) mass is 312 g/mol. The molecule has 1 atom stereocenters. The van der Waals surface area contributed by atoms with Crippen LogP contribution in [0.25, 0.3) is 0 Å². The zero-order chi connectivity index (χ0) is 15.6. The van der Waals surface area contributed by atoms with Crippen LogP contribution >= 0.6 is 0 Å². The van der Waals surface area contributed by atoms with E-state index in [9.17, 15) is 18.5 Å². The molecule has 0 aliphatic carbocycles. The van der Waals surface area contributed by atoms with Gasteiger partial charge in [-0.05, 0) is 31.7 Å². The van der Waals surface area contributed by atoms with Crippen LogP contribution in [0.1, 0.15) is 38.2 Å². The molecule has 1 aromatic rings. The molecule has 0 aromatic heterocycles. The second kappa shape index (κ2) is 6.11. The lowest BCUT2D eigenvalue weighted by atomic mass is 10.0. The number of nitrogens with zero attached hydrogens (tertiary/aromatic N) is 2. The molecule has 0 saturated carbocycles. The van der Waals surface area contributed by atoms with Gasteiger partial charge in [0, 0.05) is 24.7 Å². The minimum Gasteiger partial charge on any atom is -0.258 e. The van der Waals surface area contributed by atoms with E-state index in [1.54, 1.807) is 6.92 Å². The van der Waals surface area contributed by atoms with Gasteiger partial charge in [-0.15, -0.1) is 0 Å². The maximum atomic E-state index is 12.9. The van der Waals surface area contributed by atoms with E-state index in [0.717, 1.165) is 25.7 Å². The SMILES string of the molecule is CC[C@H]1CCCCN1S(=O)(=O)c1cc([N+](=O)[O-])ccc1C. The Morgan fingerprint density at radius 1 is 1.38 bits per heavy atom. The summed E-state index contributed by atoms with van der Waals surface area (Å²) in [6, 6.07) is 3.99. The molecule has 1 aromatic carbocycles. The normalized spacial score (nSPS) is 20.4. The van der Waals surface area contributed by atoms with Crippen LogP contribution in [-0.4, -0.2) is 30.2 Å². The van der Waals surface area contributed by atoms with Gasteiger partial charge < -0.3 is 0 Å². The fourth-order valence-electron chi connectivity index (χ4n) is 2.80. The van der Waals surface area contributed by atoms with Crippen molar-refractivity contribution in [2.45, 2.75) is 50.5 Å². The number of aryl methyl sites for hydroxylation is 1. The second-order valence-electron chi connectivity index (χ2n) is 5.38. The Morgan fingerprint density at radius 2 is 2.10 bits per heavy atom. The third-order valence-electron chi connectivity index (χ3n) is 4.01. The van der Waals surface area contributed by atoms with E-state index in [-0.39, 0.29) is 16.6 Å². The Hall–Kier alpha value is -1.47. The zero-order valence-electron chi connectivity index (χ0n) is 12.3. The van der Waals surface area contributed by atoms with E-state index in [1.165, 1.54) is 22.5 Å². The summed E-state index contributed by atoms with van der Waals surface area (Å²) < 4.78 is 27.2. The molecule has 1 heterocycles. The molecule has 2 rings (SSSR count). The minimum absolute atomic E-state index is 0.0117. The van der Waals surface area contributed by atoms with Gasteiger partial charge in [0.2, 0.25) is 10.0 Å². The van der Waals surface area contributed by atoms with Gasteiger partial charge in [-0.1, -0.05) is 19.4 Å². The molecule has 21 heavy (non-hydrogen) atoms. The van der Waals surface area contributed by atoms with Crippen LogP contribution in [-0.2, 0) is 10.0 Å². The van der Waals surface area contributed by atoms with Gasteiger partial charge in [0.05, 0.1) is 9.82 Å². The Balaban J connectivity index is 2.47. The Labute approximate surface area is 125 Å². The number of hydrogen-bond donors (Lipinski definition) is 0. The lowest BCUT2D eigenvalue weighted by Gasteiger charge is -2.34. The molecule has 1 saturated heterocycles. The summed E-state index contributed by atoms with van der Waals surface area (Å²) in [5.74, 6) is 0. The van der Waals surface area contributed by atoms with E-state index in [4.69, 9.17) is 0 Å². The molecule has 1 fully saturated rings. The largest absolute Gasteiger partial charge is 0.270 e. The molecule has 0 radical (unpaired) electrons. The van der Waals surface area contributed by atoms with Gasteiger partial charge in [0.1, 0.15) is 0 Å². The van der Waals surface area contributed by atoms with Crippen molar-refractivity contribution in [3.8, 4) is 0 Å². The van der Waals surface area contributed by atoms with Gasteiger partial charge >= 0.3 is 0 Å². The van der Waals surface area contributed by atoms with Gasteiger partial charge in [0.25, 0.3) is 5.69 Å². The zero-order valence-corrected chi connectivity index (χ0v) is 13.1. The summed E-state index contributed by atoms with van der Waals surface area (Å²) >= 11 is 0. The van der Waals surface area contributed by atoms with Crippen molar-refractivity contribution in [3.63, 3.8) is 0 Å². The first-order valence-electron chi connectivity index (χ1n) is 7.14. The number of non-ortho nitro benzene ring substituents is 1.